The molecule has 0 heterocycles. The van der Waals surface area contributed by atoms with Gasteiger partial charge in [-0.25, -0.2) is 8.78 Å². The van der Waals surface area contributed by atoms with Crippen molar-refractivity contribution in [3.8, 4) is 0 Å². The van der Waals surface area contributed by atoms with Crippen LogP contribution in [0.3, 0.4) is 0 Å². The highest BCUT2D eigenvalue weighted by molar-refractivity contribution is 5.74. The lowest BCUT2D eigenvalue weighted by atomic mass is 10.2. The highest BCUT2D eigenvalue weighted by atomic mass is 19.3. The van der Waals surface area contributed by atoms with Crippen molar-refractivity contribution in [3.05, 3.63) is 29.8 Å². The number of amides is 1. The number of hydrogen-bond acceptors (Lipinski definition) is 2. The second-order valence-corrected chi connectivity index (χ2v) is 3.89. The van der Waals surface area contributed by atoms with Crippen molar-refractivity contribution in [2.45, 2.75) is 19.8 Å². The Morgan fingerprint density at radius 1 is 1.47 bits per heavy atom. The Labute approximate surface area is 99.2 Å². The molecule has 0 aromatic heterocycles. The van der Waals surface area contributed by atoms with Crippen LogP contribution in [0.4, 0.5) is 14.5 Å². The summed E-state index contributed by atoms with van der Waals surface area (Å²) in [4.78, 5) is 12.2. The van der Waals surface area contributed by atoms with E-state index in [1.54, 1.807) is 12.1 Å². The van der Waals surface area contributed by atoms with Crippen LogP contribution in [-0.2, 0) is 4.79 Å². The molecule has 0 fully saturated rings. The van der Waals surface area contributed by atoms with E-state index in [2.05, 4.69) is 0 Å². The first-order valence-electron chi connectivity index (χ1n) is 5.37. The maximum Gasteiger partial charge on any atom is 0.255 e. The van der Waals surface area contributed by atoms with Gasteiger partial charge in [-0.05, 0) is 24.6 Å². The van der Waals surface area contributed by atoms with Gasteiger partial charge in [-0.15, -0.1) is 0 Å². The Hall–Kier alpha value is -1.65. The number of nitrogens with two attached hydrogens (primary N) is 1. The summed E-state index contributed by atoms with van der Waals surface area (Å²) in [5, 5.41) is 0. The number of rotatable bonds is 6. The average molecular weight is 242 g/mol. The van der Waals surface area contributed by atoms with E-state index in [0.29, 0.717) is 5.69 Å². The molecule has 1 rings (SSSR count). The second kappa shape index (κ2) is 6.18. The zero-order valence-corrected chi connectivity index (χ0v) is 9.70. The number of halogens is 2. The Morgan fingerprint density at radius 3 is 2.71 bits per heavy atom. The first kappa shape index (κ1) is 13.4. The Bertz CT molecular complexity index is 383. The zero-order valence-electron chi connectivity index (χ0n) is 9.70. The lowest BCUT2D eigenvalue weighted by molar-refractivity contribution is -0.117. The van der Waals surface area contributed by atoms with E-state index in [1.165, 1.54) is 4.90 Å². The van der Waals surface area contributed by atoms with Gasteiger partial charge in [0.05, 0.1) is 6.54 Å². The summed E-state index contributed by atoms with van der Waals surface area (Å²) >= 11 is 0. The summed E-state index contributed by atoms with van der Waals surface area (Å²) in [5.41, 5.74) is 6.70. The van der Waals surface area contributed by atoms with Crippen molar-refractivity contribution in [2.24, 2.45) is 5.73 Å². The molecule has 2 N–H and O–H groups in total. The highest BCUT2D eigenvalue weighted by Gasteiger charge is 2.13. The molecule has 94 valence electrons. The predicted octanol–water partition coefficient (Wildman–Crippen LogP) is 1.94. The molecule has 0 bridgehead atoms. The number of carbonyl (C=O) groups is 1. The minimum atomic E-state index is -2.44. The number of primary amides is 1. The van der Waals surface area contributed by atoms with Gasteiger partial charge in [-0.1, -0.05) is 12.1 Å². The number of aryl methyl sites for hydroxylation is 1. The number of carbonyl (C=O) groups excluding carboxylic acids is 1. The molecule has 0 aliphatic heterocycles. The Balaban J connectivity index is 2.77. The highest BCUT2D eigenvalue weighted by Crippen LogP contribution is 2.17. The first-order valence-corrected chi connectivity index (χ1v) is 5.37. The summed E-state index contributed by atoms with van der Waals surface area (Å²) in [5.74, 6) is -0.489. The normalized spacial score (nSPS) is 10.6. The van der Waals surface area contributed by atoms with Gasteiger partial charge >= 0.3 is 0 Å². The molecule has 1 aromatic rings. The van der Waals surface area contributed by atoms with Gasteiger partial charge in [-0.3, -0.25) is 4.79 Å². The molecule has 0 radical (unpaired) electrons. The van der Waals surface area contributed by atoms with E-state index in [9.17, 15) is 13.6 Å². The number of hydrogen-bond donors (Lipinski definition) is 1. The third-order valence-electron chi connectivity index (χ3n) is 2.35. The molecule has 0 saturated carbocycles. The van der Waals surface area contributed by atoms with Crippen molar-refractivity contribution in [1.29, 1.82) is 0 Å². The fourth-order valence-corrected chi connectivity index (χ4v) is 1.56. The van der Waals surface area contributed by atoms with Crippen LogP contribution in [0.25, 0.3) is 0 Å². The first-order chi connectivity index (χ1) is 7.99. The van der Waals surface area contributed by atoms with Crippen LogP contribution >= 0.6 is 0 Å². The summed E-state index contributed by atoms with van der Waals surface area (Å²) < 4.78 is 24.9. The lowest BCUT2D eigenvalue weighted by Crippen LogP contribution is -2.32. The largest absolute Gasteiger partial charge is 0.370 e. The van der Waals surface area contributed by atoms with Crippen LogP contribution in [0.2, 0.25) is 0 Å². The molecule has 17 heavy (non-hydrogen) atoms. The van der Waals surface area contributed by atoms with Gasteiger partial charge in [0, 0.05) is 18.7 Å². The summed E-state index contributed by atoms with van der Waals surface area (Å²) in [6.45, 7) is 1.71. The van der Waals surface area contributed by atoms with Crippen LogP contribution < -0.4 is 10.6 Å². The standard InChI is InChI=1S/C12H16F2N2O/c1-9-3-2-4-10(7-9)16(8-11(13)14)6-5-12(15)17/h2-4,7,11H,5-6,8H2,1H3,(H2,15,17). The molecule has 0 aliphatic carbocycles. The second-order valence-electron chi connectivity index (χ2n) is 3.89. The van der Waals surface area contributed by atoms with E-state index < -0.39 is 18.9 Å². The molecular formula is C12H16F2N2O. The van der Waals surface area contributed by atoms with Gasteiger partial charge in [-0.2, -0.15) is 0 Å². The van der Waals surface area contributed by atoms with Crippen LogP contribution in [0.1, 0.15) is 12.0 Å². The minimum Gasteiger partial charge on any atom is -0.370 e. The minimum absolute atomic E-state index is 0.0701. The zero-order chi connectivity index (χ0) is 12.8. The van der Waals surface area contributed by atoms with E-state index in [1.807, 2.05) is 19.1 Å². The number of anilines is 1. The van der Waals surface area contributed by atoms with E-state index >= 15 is 0 Å². The SMILES string of the molecule is Cc1cccc(N(CCC(N)=O)CC(F)F)c1. The molecule has 0 atom stereocenters. The topological polar surface area (TPSA) is 46.3 Å². The van der Waals surface area contributed by atoms with E-state index in [0.717, 1.165) is 5.56 Å². The van der Waals surface area contributed by atoms with Gasteiger partial charge in [0.2, 0.25) is 5.91 Å². The van der Waals surface area contributed by atoms with Crippen molar-refractivity contribution < 1.29 is 13.6 Å². The van der Waals surface area contributed by atoms with Crippen LogP contribution in [0, 0.1) is 6.92 Å². The van der Waals surface area contributed by atoms with E-state index in [-0.39, 0.29) is 13.0 Å². The monoisotopic (exact) mass is 242 g/mol. The summed E-state index contributed by atoms with van der Waals surface area (Å²) in [6.07, 6.45) is -2.37. The fourth-order valence-electron chi connectivity index (χ4n) is 1.56. The summed E-state index contributed by atoms with van der Waals surface area (Å²) in [7, 11) is 0. The van der Waals surface area contributed by atoms with Crippen LogP contribution in [-0.4, -0.2) is 25.4 Å². The number of nitrogens with zero attached hydrogens (tertiary/aromatic N) is 1. The van der Waals surface area contributed by atoms with Crippen molar-refractivity contribution in [1.82, 2.24) is 0 Å². The van der Waals surface area contributed by atoms with Gasteiger partial charge in [0.25, 0.3) is 6.43 Å². The Morgan fingerprint density at radius 2 is 2.18 bits per heavy atom. The smallest absolute Gasteiger partial charge is 0.255 e. The predicted molar refractivity (Wildman–Crippen MR) is 63.2 cm³/mol. The molecule has 3 nitrogen and oxygen atoms in total. The number of benzene rings is 1. The van der Waals surface area contributed by atoms with Gasteiger partial charge < -0.3 is 10.6 Å². The summed E-state index contributed by atoms with van der Waals surface area (Å²) in [6, 6.07) is 7.24. The molecule has 0 aliphatic rings. The fraction of sp³-hybridized carbons (Fsp3) is 0.417. The average Bonchev–Trinajstić information content (AvgIpc) is 2.23. The van der Waals surface area contributed by atoms with Gasteiger partial charge in [0.1, 0.15) is 0 Å². The molecular weight excluding hydrogens is 226 g/mol. The van der Waals surface area contributed by atoms with Gasteiger partial charge in [0.15, 0.2) is 0 Å². The molecule has 0 spiro atoms. The van der Waals surface area contributed by atoms with Crippen molar-refractivity contribution >= 4 is 11.6 Å². The molecule has 5 heteroatoms. The number of alkyl halides is 2. The van der Waals surface area contributed by atoms with E-state index in [4.69, 9.17) is 5.73 Å². The van der Waals surface area contributed by atoms with Crippen molar-refractivity contribution in [3.63, 3.8) is 0 Å². The van der Waals surface area contributed by atoms with Crippen LogP contribution in [0.5, 0.6) is 0 Å². The Kier molecular flexibility index (Phi) is 4.87. The van der Waals surface area contributed by atoms with Crippen LogP contribution in [0.15, 0.2) is 24.3 Å². The molecule has 0 saturated heterocycles. The maximum absolute atomic E-state index is 12.4. The third-order valence-corrected chi connectivity index (χ3v) is 2.35. The maximum atomic E-state index is 12.4. The third kappa shape index (κ3) is 4.80. The quantitative estimate of drug-likeness (QED) is 0.828. The molecule has 1 amide bonds. The molecule has 0 unspecified atom stereocenters. The van der Waals surface area contributed by atoms with Crippen molar-refractivity contribution in [2.75, 3.05) is 18.0 Å². The molecule has 1 aromatic carbocycles. The lowest BCUT2D eigenvalue weighted by Gasteiger charge is -2.24.